The lowest BCUT2D eigenvalue weighted by Gasteiger charge is -2.32. The highest BCUT2D eigenvalue weighted by Gasteiger charge is 2.25. The Kier molecular flexibility index (Phi) is 6.78. The molecule has 2 N–H and O–H groups in total. The van der Waals surface area contributed by atoms with Crippen LogP contribution in [-0.4, -0.2) is 55.6 Å². The lowest BCUT2D eigenvalue weighted by molar-refractivity contribution is 0.168. The molecule has 2 unspecified atom stereocenters. The summed E-state index contributed by atoms with van der Waals surface area (Å²) in [5, 5.41) is 0. The van der Waals surface area contributed by atoms with Crippen LogP contribution >= 0.6 is 0 Å². The number of likely N-dealkylation sites (N-methyl/N-ethyl adjacent to an activating group) is 2. The van der Waals surface area contributed by atoms with Gasteiger partial charge in [-0.05, 0) is 57.3 Å². The molecule has 1 aliphatic heterocycles. The zero-order chi connectivity index (χ0) is 14.5. The molecule has 2 atom stereocenters. The molecule has 1 aliphatic rings. The molecule has 1 fully saturated rings. The van der Waals surface area contributed by atoms with Crippen molar-refractivity contribution in [2.24, 2.45) is 17.1 Å². The number of nitrogens with zero attached hydrogens (tertiary/aromatic N) is 2. The van der Waals surface area contributed by atoms with E-state index in [9.17, 15) is 0 Å². The van der Waals surface area contributed by atoms with E-state index in [1.807, 2.05) is 0 Å². The predicted octanol–water partition coefficient (Wildman–Crippen LogP) is 2.41. The molecule has 0 radical (unpaired) electrons. The van der Waals surface area contributed by atoms with Crippen molar-refractivity contribution in [3.8, 4) is 0 Å². The van der Waals surface area contributed by atoms with Gasteiger partial charge in [0.05, 0.1) is 0 Å². The number of rotatable bonds is 7. The number of likely N-dealkylation sites (tertiary alicyclic amines) is 1. The molecule has 1 saturated heterocycles. The maximum atomic E-state index is 5.95. The minimum Gasteiger partial charge on any atom is -0.330 e. The van der Waals surface area contributed by atoms with Crippen molar-refractivity contribution < 1.29 is 0 Å². The molecule has 114 valence electrons. The smallest absolute Gasteiger partial charge is 0.0223 e. The largest absolute Gasteiger partial charge is 0.330 e. The highest BCUT2D eigenvalue weighted by Crippen LogP contribution is 2.25. The molecule has 3 heteroatoms. The summed E-state index contributed by atoms with van der Waals surface area (Å²) >= 11 is 0. The van der Waals surface area contributed by atoms with Crippen molar-refractivity contribution in [3.05, 3.63) is 0 Å². The maximum absolute atomic E-state index is 5.95. The third kappa shape index (κ3) is 6.24. The Morgan fingerprint density at radius 2 is 2.05 bits per heavy atom. The van der Waals surface area contributed by atoms with E-state index >= 15 is 0 Å². The highest BCUT2D eigenvalue weighted by molar-refractivity contribution is 4.81. The topological polar surface area (TPSA) is 32.5 Å². The van der Waals surface area contributed by atoms with Gasteiger partial charge in [0.15, 0.2) is 0 Å². The quantitative estimate of drug-likeness (QED) is 0.770. The van der Waals surface area contributed by atoms with E-state index in [0.717, 1.165) is 19.1 Å². The van der Waals surface area contributed by atoms with Crippen molar-refractivity contribution in [1.29, 1.82) is 0 Å². The van der Waals surface area contributed by atoms with Gasteiger partial charge in [0, 0.05) is 19.1 Å². The van der Waals surface area contributed by atoms with Gasteiger partial charge in [-0.15, -0.1) is 0 Å². The van der Waals surface area contributed by atoms with Gasteiger partial charge in [0.25, 0.3) is 0 Å². The fourth-order valence-corrected chi connectivity index (χ4v) is 3.48. The van der Waals surface area contributed by atoms with E-state index in [4.69, 9.17) is 5.73 Å². The van der Waals surface area contributed by atoms with Crippen molar-refractivity contribution >= 4 is 0 Å². The lowest BCUT2D eigenvalue weighted by atomic mass is 9.84. The van der Waals surface area contributed by atoms with Crippen molar-refractivity contribution in [2.45, 2.75) is 53.0 Å². The van der Waals surface area contributed by atoms with Gasteiger partial charge in [-0.3, -0.25) is 4.90 Å². The summed E-state index contributed by atoms with van der Waals surface area (Å²) in [4.78, 5) is 5.12. The third-order valence-corrected chi connectivity index (χ3v) is 4.23. The first-order valence-corrected chi connectivity index (χ1v) is 7.98. The summed E-state index contributed by atoms with van der Waals surface area (Å²) in [7, 11) is 2.26. The average molecular weight is 269 g/mol. The van der Waals surface area contributed by atoms with E-state index in [2.05, 4.69) is 44.5 Å². The summed E-state index contributed by atoms with van der Waals surface area (Å²) in [6.07, 6.45) is 3.95. The minimum absolute atomic E-state index is 0.383. The molecule has 0 amide bonds. The summed E-state index contributed by atoms with van der Waals surface area (Å²) in [5.74, 6) is 0.626. The van der Waals surface area contributed by atoms with Gasteiger partial charge in [-0.1, -0.05) is 27.7 Å². The number of nitrogens with two attached hydrogens (primary N) is 1. The summed E-state index contributed by atoms with van der Waals surface area (Å²) < 4.78 is 0. The molecule has 0 bridgehead atoms. The molecule has 0 aromatic rings. The Labute approximate surface area is 120 Å². The van der Waals surface area contributed by atoms with Crippen LogP contribution in [0, 0.1) is 11.3 Å². The normalized spacial score (nSPS) is 23.2. The van der Waals surface area contributed by atoms with Gasteiger partial charge in [0.1, 0.15) is 0 Å². The molecule has 0 aromatic carbocycles. The predicted molar refractivity (Wildman–Crippen MR) is 84.4 cm³/mol. The molecule has 19 heavy (non-hydrogen) atoms. The molecule has 0 saturated carbocycles. The van der Waals surface area contributed by atoms with Crippen molar-refractivity contribution in [1.82, 2.24) is 9.80 Å². The van der Waals surface area contributed by atoms with Crippen LogP contribution in [0.25, 0.3) is 0 Å². The Balaban J connectivity index is 2.38. The Morgan fingerprint density at radius 3 is 2.58 bits per heavy atom. The van der Waals surface area contributed by atoms with E-state index in [1.54, 1.807) is 0 Å². The Morgan fingerprint density at radius 1 is 1.37 bits per heavy atom. The first kappa shape index (κ1) is 16.9. The fraction of sp³-hybridized carbons (Fsp3) is 1.00. The molecule has 0 aromatic heterocycles. The standard InChI is InChI=1S/C16H35N3/c1-6-19-9-7-8-15(19)13-18(5)12-14(11-17)10-16(2,3)4/h14-15H,6-13,17H2,1-5H3. The molecular formula is C16H35N3. The van der Waals surface area contributed by atoms with Gasteiger partial charge in [-0.25, -0.2) is 0 Å². The van der Waals surface area contributed by atoms with E-state index in [0.29, 0.717) is 11.3 Å². The Bertz CT molecular complexity index is 247. The SMILES string of the molecule is CCN1CCCC1CN(C)CC(CN)CC(C)(C)C. The van der Waals surface area contributed by atoms with Gasteiger partial charge in [0.2, 0.25) is 0 Å². The van der Waals surface area contributed by atoms with E-state index in [1.165, 1.54) is 38.9 Å². The first-order chi connectivity index (χ1) is 8.85. The second-order valence-corrected chi connectivity index (χ2v) is 7.51. The highest BCUT2D eigenvalue weighted by atomic mass is 15.2. The summed E-state index contributed by atoms with van der Waals surface area (Å²) in [6.45, 7) is 14.8. The number of hydrogen-bond donors (Lipinski definition) is 1. The summed E-state index contributed by atoms with van der Waals surface area (Å²) in [5.41, 5.74) is 6.34. The summed E-state index contributed by atoms with van der Waals surface area (Å²) in [6, 6.07) is 0.767. The van der Waals surface area contributed by atoms with Gasteiger partial charge in [-0.2, -0.15) is 0 Å². The first-order valence-electron chi connectivity index (χ1n) is 7.98. The van der Waals surface area contributed by atoms with E-state index in [-0.39, 0.29) is 0 Å². The molecule has 1 heterocycles. The molecule has 0 spiro atoms. The van der Waals surface area contributed by atoms with Crippen molar-refractivity contribution in [2.75, 3.05) is 39.8 Å². The lowest BCUT2D eigenvalue weighted by Crippen LogP contribution is -2.41. The molecular weight excluding hydrogens is 234 g/mol. The minimum atomic E-state index is 0.383. The average Bonchev–Trinajstić information content (AvgIpc) is 2.73. The zero-order valence-electron chi connectivity index (χ0n) is 13.8. The second-order valence-electron chi connectivity index (χ2n) is 7.51. The molecule has 3 nitrogen and oxygen atoms in total. The van der Waals surface area contributed by atoms with Crippen LogP contribution in [-0.2, 0) is 0 Å². The molecule has 1 rings (SSSR count). The monoisotopic (exact) mass is 269 g/mol. The van der Waals surface area contributed by atoms with Gasteiger partial charge >= 0.3 is 0 Å². The van der Waals surface area contributed by atoms with Crippen LogP contribution in [0.4, 0.5) is 0 Å². The number of hydrogen-bond acceptors (Lipinski definition) is 3. The molecule has 0 aliphatic carbocycles. The van der Waals surface area contributed by atoms with Crippen LogP contribution in [0.5, 0.6) is 0 Å². The Hall–Kier alpha value is -0.120. The van der Waals surface area contributed by atoms with Crippen LogP contribution in [0.3, 0.4) is 0 Å². The fourth-order valence-electron chi connectivity index (χ4n) is 3.48. The van der Waals surface area contributed by atoms with Crippen LogP contribution < -0.4 is 5.73 Å². The van der Waals surface area contributed by atoms with Crippen LogP contribution in [0.15, 0.2) is 0 Å². The van der Waals surface area contributed by atoms with Crippen LogP contribution in [0.2, 0.25) is 0 Å². The maximum Gasteiger partial charge on any atom is 0.0223 e. The zero-order valence-corrected chi connectivity index (χ0v) is 13.8. The third-order valence-electron chi connectivity index (χ3n) is 4.23. The van der Waals surface area contributed by atoms with Gasteiger partial charge < -0.3 is 10.6 Å². The van der Waals surface area contributed by atoms with Crippen molar-refractivity contribution in [3.63, 3.8) is 0 Å². The second kappa shape index (κ2) is 7.61. The van der Waals surface area contributed by atoms with Crippen LogP contribution in [0.1, 0.15) is 47.0 Å². The van der Waals surface area contributed by atoms with E-state index < -0.39 is 0 Å².